The van der Waals surface area contributed by atoms with Crippen molar-refractivity contribution in [3.8, 4) is 0 Å². The van der Waals surface area contributed by atoms with Crippen molar-refractivity contribution in [3.63, 3.8) is 0 Å². The van der Waals surface area contributed by atoms with E-state index in [9.17, 15) is 5.21 Å². The smallest absolute Gasteiger partial charge is 0.120 e. The summed E-state index contributed by atoms with van der Waals surface area (Å²) in [5.41, 5.74) is 0. The molecule has 3 unspecified atom stereocenters. The zero-order chi connectivity index (χ0) is 7.02. The van der Waals surface area contributed by atoms with Crippen LogP contribution in [0, 0.1) is 5.21 Å². The maximum Gasteiger partial charge on any atom is 0.120 e. The zero-order valence-electron chi connectivity index (χ0n) is 5.60. The predicted molar refractivity (Wildman–Crippen MR) is 36.1 cm³/mol. The second-order valence-electron chi connectivity index (χ2n) is 2.52. The van der Waals surface area contributed by atoms with Crippen molar-refractivity contribution in [3.05, 3.63) is 5.21 Å². The van der Waals surface area contributed by atoms with E-state index in [1.165, 1.54) is 0 Å². The molecule has 0 spiro atoms. The number of hydrogen-bond acceptors (Lipinski definition) is 2. The number of nitrogens with zero attached hydrogens (tertiary/aromatic N) is 1. The van der Waals surface area contributed by atoms with E-state index in [1.807, 2.05) is 6.92 Å². The summed E-state index contributed by atoms with van der Waals surface area (Å²) in [6.45, 7) is 2.56. The van der Waals surface area contributed by atoms with Crippen molar-refractivity contribution in [1.82, 2.24) is 5.01 Å². The molecule has 0 amide bonds. The van der Waals surface area contributed by atoms with Gasteiger partial charge in [0.1, 0.15) is 11.4 Å². The Morgan fingerprint density at radius 1 is 1.78 bits per heavy atom. The van der Waals surface area contributed by atoms with Gasteiger partial charge in [0.15, 0.2) is 0 Å². The lowest BCUT2D eigenvalue weighted by molar-refractivity contribution is -0.972. The third-order valence-electron chi connectivity index (χ3n) is 1.76. The van der Waals surface area contributed by atoms with Gasteiger partial charge in [-0.2, -0.15) is 5.01 Å². The topological polar surface area (TPSA) is 30.7 Å². The highest BCUT2D eigenvalue weighted by Gasteiger charge is 2.32. The molecule has 0 aromatic heterocycles. The van der Waals surface area contributed by atoms with Crippen LogP contribution in [-0.2, 0) is 0 Å². The SMILES string of the molecule is CC1C(Cl)CN(C)[NH+]1[O-]. The van der Waals surface area contributed by atoms with Crippen LogP contribution in [0.5, 0.6) is 0 Å². The lowest BCUT2D eigenvalue weighted by atomic mass is 10.3. The molecule has 0 aromatic carbocycles. The molecule has 1 aliphatic rings. The number of alkyl halides is 1. The summed E-state index contributed by atoms with van der Waals surface area (Å²) >= 11 is 5.79. The second kappa shape index (κ2) is 2.42. The highest BCUT2D eigenvalue weighted by atomic mass is 35.5. The molecule has 0 radical (unpaired) electrons. The maximum absolute atomic E-state index is 11.0. The van der Waals surface area contributed by atoms with Crippen molar-refractivity contribution in [2.45, 2.75) is 18.3 Å². The summed E-state index contributed by atoms with van der Waals surface area (Å²) in [5.74, 6) is 0. The third-order valence-corrected chi connectivity index (χ3v) is 2.27. The summed E-state index contributed by atoms with van der Waals surface area (Å²) in [6, 6.07) is 0.0108. The largest absolute Gasteiger partial charge is 0.613 e. The fraction of sp³-hybridized carbons (Fsp3) is 1.00. The molecule has 3 atom stereocenters. The van der Waals surface area contributed by atoms with E-state index in [-0.39, 0.29) is 16.6 Å². The van der Waals surface area contributed by atoms with Crippen molar-refractivity contribution in [2.24, 2.45) is 0 Å². The molecule has 1 N–H and O–H groups in total. The van der Waals surface area contributed by atoms with Gasteiger partial charge in [-0.15, -0.1) is 11.6 Å². The molecule has 3 nitrogen and oxygen atoms in total. The van der Waals surface area contributed by atoms with Crippen molar-refractivity contribution < 1.29 is 5.17 Å². The Labute approximate surface area is 59.7 Å². The Morgan fingerprint density at radius 3 is 2.44 bits per heavy atom. The van der Waals surface area contributed by atoms with E-state index in [0.717, 1.165) is 0 Å². The molecule has 9 heavy (non-hydrogen) atoms. The second-order valence-corrected chi connectivity index (χ2v) is 3.08. The molecule has 4 heteroatoms. The molecule has 1 aliphatic heterocycles. The minimum atomic E-state index is 0.0108. The monoisotopic (exact) mass is 150 g/mol. The molecule has 1 rings (SSSR count). The van der Waals surface area contributed by atoms with Crippen molar-refractivity contribution >= 4 is 11.6 Å². The molecule has 1 heterocycles. The van der Waals surface area contributed by atoms with Gasteiger partial charge in [0.05, 0.1) is 6.54 Å². The predicted octanol–water partition coefficient (Wildman–Crippen LogP) is -0.775. The number of quaternary nitrogens is 1. The fourth-order valence-electron chi connectivity index (χ4n) is 1.01. The van der Waals surface area contributed by atoms with Crippen LogP contribution in [0.25, 0.3) is 0 Å². The van der Waals surface area contributed by atoms with E-state index >= 15 is 0 Å². The lowest BCUT2D eigenvalue weighted by Gasteiger charge is -2.26. The van der Waals surface area contributed by atoms with Crippen LogP contribution in [0.3, 0.4) is 0 Å². The van der Waals surface area contributed by atoms with Gasteiger partial charge in [-0.25, -0.2) is 0 Å². The highest BCUT2D eigenvalue weighted by molar-refractivity contribution is 6.21. The first kappa shape index (κ1) is 7.28. The van der Waals surface area contributed by atoms with Gasteiger partial charge in [0, 0.05) is 7.05 Å². The zero-order valence-corrected chi connectivity index (χ0v) is 6.35. The van der Waals surface area contributed by atoms with Gasteiger partial charge in [0.2, 0.25) is 0 Å². The van der Waals surface area contributed by atoms with E-state index in [0.29, 0.717) is 6.54 Å². The number of hydrogen-bond donors (Lipinski definition) is 1. The normalized spacial score (nSPS) is 46.0. The maximum atomic E-state index is 11.0. The Kier molecular flexibility index (Phi) is 1.96. The summed E-state index contributed by atoms with van der Waals surface area (Å²) < 4.78 is 0. The molecule has 1 fully saturated rings. The quantitative estimate of drug-likeness (QED) is 0.363. The van der Waals surface area contributed by atoms with Gasteiger partial charge in [-0.05, 0) is 6.92 Å². The molecule has 54 valence electrons. The van der Waals surface area contributed by atoms with E-state index in [1.54, 1.807) is 12.1 Å². The highest BCUT2D eigenvalue weighted by Crippen LogP contribution is 2.05. The Hall–Kier alpha value is 0.170. The standard InChI is InChI=1S/C5H11ClN2O/c1-4-5(6)3-7(2)8(4)9/h4-5,8H,3H2,1-2H3. The van der Waals surface area contributed by atoms with E-state index < -0.39 is 0 Å². The van der Waals surface area contributed by atoms with Crippen LogP contribution >= 0.6 is 11.6 Å². The fourth-order valence-corrected chi connectivity index (χ4v) is 1.33. The van der Waals surface area contributed by atoms with Gasteiger partial charge >= 0.3 is 0 Å². The summed E-state index contributed by atoms with van der Waals surface area (Å²) in [6.07, 6.45) is 0. The first-order chi connectivity index (χ1) is 4.13. The van der Waals surface area contributed by atoms with E-state index in [4.69, 9.17) is 11.6 Å². The lowest BCUT2D eigenvalue weighted by Crippen LogP contribution is -3.14. The van der Waals surface area contributed by atoms with Gasteiger partial charge in [-0.3, -0.25) is 5.17 Å². The van der Waals surface area contributed by atoms with Crippen LogP contribution in [0.2, 0.25) is 0 Å². The van der Waals surface area contributed by atoms with Crippen LogP contribution in [0.4, 0.5) is 0 Å². The summed E-state index contributed by atoms with van der Waals surface area (Å²) in [7, 11) is 1.78. The number of halogens is 1. The number of nitrogens with one attached hydrogen (secondary N) is 1. The molecule has 0 aromatic rings. The summed E-state index contributed by atoms with van der Waals surface area (Å²) in [5, 5.41) is 12.8. The van der Waals surface area contributed by atoms with Crippen molar-refractivity contribution in [2.75, 3.05) is 13.6 Å². The Balaban J connectivity index is 2.54. The van der Waals surface area contributed by atoms with Crippen LogP contribution in [-0.4, -0.2) is 30.0 Å². The van der Waals surface area contributed by atoms with Crippen molar-refractivity contribution in [1.29, 1.82) is 0 Å². The van der Waals surface area contributed by atoms with Gasteiger partial charge in [0.25, 0.3) is 0 Å². The molecule has 0 bridgehead atoms. The minimum Gasteiger partial charge on any atom is -0.613 e. The molecular weight excluding hydrogens is 140 g/mol. The Morgan fingerprint density at radius 2 is 2.33 bits per heavy atom. The van der Waals surface area contributed by atoms with Gasteiger partial charge in [-0.1, -0.05) is 0 Å². The molecule has 0 saturated carbocycles. The minimum absolute atomic E-state index is 0.0108. The van der Waals surface area contributed by atoms with Crippen LogP contribution in [0.1, 0.15) is 6.92 Å². The van der Waals surface area contributed by atoms with Gasteiger partial charge < -0.3 is 5.21 Å². The Bertz CT molecular complexity index is 99.1. The first-order valence-electron chi connectivity index (χ1n) is 3.02. The van der Waals surface area contributed by atoms with E-state index in [2.05, 4.69) is 0 Å². The van der Waals surface area contributed by atoms with Crippen LogP contribution in [0.15, 0.2) is 0 Å². The molecular formula is C5H11ClN2O. The summed E-state index contributed by atoms with van der Waals surface area (Å²) in [4.78, 5) is 0. The molecule has 1 saturated heterocycles. The number of rotatable bonds is 0. The number of hydroxylamine groups is 1. The third kappa shape index (κ3) is 1.19. The van der Waals surface area contributed by atoms with Crippen LogP contribution < -0.4 is 5.17 Å². The average molecular weight is 151 g/mol. The average Bonchev–Trinajstić information content (AvgIpc) is 1.98. The molecule has 0 aliphatic carbocycles. The first-order valence-corrected chi connectivity index (χ1v) is 3.45.